The number of ketones is 1. The number of hydrogen-bond acceptors (Lipinski definition) is 5. The van der Waals surface area contributed by atoms with Gasteiger partial charge in [-0.2, -0.15) is 0 Å². The van der Waals surface area contributed by atoms with Crippen molar-refractivity contribution in [1.29, 1.82) is 0 Å². The highest BCUT2D eigenvalue weighted by Crippen LogP contribution is 2.21. The van der Waals surface area contributed by atoms with Crippen molar-refractivity contribution in [2.24, 2.45) is 0 Å². The van der Waals surface area contributed by atoms with Gasteiger partial charge in [0.2, 0.25) is 0 Å². The van der Waals surface area contributed by atoms with E-state index >= 15 is 0 Å². The molecule has 0 aromatic heterocycles. The van der Waals surface area contributed by atoms with Crippen LogP contribution >= 0.6 is 11.6 Å². The number of amides is 1. The van der Waals surface area contributed by atoms with Crippen molar-refractivity contribution >= 4 is 34.9 Å². The van der Waals surface area contributed by atoms with E-state index in [4.69, 9.17) is 21.1 Å². The van der Waals surface area contributed by atoms with Gasteiger partial charge in [-0.3, -0.25) is 9.59 Å². The normalized spacial score (nSPS) is 11.4. The second-order valence-corrected chi connectivity index (χ2v) is 6.37. The largest absolute Gasteiger partial charge is 0.482 e. The Morgan fingerprint density at radius 2 is 1.89 bits per heavy atom. The van der Waals surface area contributed by atoms with Crippen LogP contribution in [0, 0.1) is 6.92 Å². The molecule has 0 spiro atoms. The lowest BCUT2D eigenvalue weighted by atomic mass is 10.1. The molecule has 2 aromatic carbocycles. The maximum atomic E-state index is 12.2. The number of rotatable bonds is 7. The van der Waals surface area contributed by atoms with Gasteiger partial charge in [-0.05, 0) is 56.7 Å². The summed E-state index contributed by atoms with van der Waals surface area (Å²) in [6.07, 6.45) is -1.02. The minimum atomic E-state index is -1.02. The Balaban J connectivity index is 1.86. The molecule has 0 saturated carbocycles. The smallest absolute Gasteiger partial charge is 0.344 e. The van der Waals surface area contributed by atoms with Gasteiger partial charge < -0.3 is 14.8 Å². The second-order valence-electron chi connectivity index (χ2n) is 5.96. The molecule has 0 aliphatic heterocycles. The molecule has 0 bridgehead atoms. The molecule has 2 aromatic rings. The third kappa shape index (κ3) is 6.11. The molecule has 142 valence electrons. The van der Waals surface area contributed by atoms with E-state index in [1.165, 1.54) is 13.8 Å². The van der Waals surface area contributed by atoms with Crippen molar-refractivity contribution < 1.29 is 23.9 Å². The monoisotopic (exact) mass is 389 g/mol. The molecule has 0 saturated heterocycles. The summed E-state index contributed by atoms with van der Waals surface area (Å²) in [5.74, 6) is -0.818. The molecule has 1 atom stereocenters. The number of hydrogen-bond donors (Lipinski definition) is 1. The predicted octanol–water partition coefficient (Wildman–Crippen LogP) is 3.80. The fraction of sp³-hybridized carbons (Fsp3) is 0.250. The number of anilines is 1. The van der Waals surface area contributed by atoms with Crippen LogP contribution in [0.2, 0.25) is 5.02 Å². The quantitative estimate of drug-likeness (QED) is 0.575. The van der Waals surface area contributed by atoms with Gasteiger partial charge in [-0.25, -0.2) is 4.79 Å². The lowest BCUT2D eigenvalue weighted by Gasteiger charge is -2.14. The summed E-state index contributed by atoms with van der Waals surface area (Å²) in [4.78, 5) is 35.4. The molecule has 0 unspecified atom stereocenters. The first-order chi connectivity index (χ1) is 12.8. The van der Waals surface area contributed by atoms with Crippen LogP contribution in [0.5, 0.6) is 5.75 Å². The molecule has 1 N–H and O–H groups in total. The Labute approximate surface area is 162 Å². The average molecular weight is 390 g/mol. The summed E-state index contributed by atoms with van der Waals surface area (Å²) in [5.41, 5.74) is 1.75. The lowest BCUT2D eigenvalue weighted by Crippen LogP contribution is -2.31. The number of halogens is 1. The van der Waals surface area contributed by atoms with E-state index in [2.05, 4.69) is 5.32 Å². The third-order valence-electron chi connectivity index (χ3n) is 3.70. The first-order valence-corrected chi connectivity index (χ1v) is 8.64. The summed E-state index contributed by atoms with van der Waals surface area (Å²) in [5, 5.41) is 3.21. The molecule has 6 nitrogen and oxygen atoms in total. The molecule has 0 radical (unpaired) electrons. The molecule has 7 heteroatoms. The van der Waals surface area contributed by atoms with Gasteiger partial charge in [0, 0.05) is 16.3 Å². The van der Waals surface area contributed by atoms with Gasteiger partial charge in [-0.15, -0.1) is 0 Å². The number of carbonyl (C=O) groups excluding carboxylic acids is 3. The number of carbonyl (C=O) groups is 3. The molecule has 27 heavy (non-hydrogen) atoms. The SMILES string of the molecule is CC(=O)c1cccc(NC(=O)[C@H](C)OC(=O)COc2ccc(Cl)c(C)c2)c1. The topological polar surface area (TPSA) is 81.7 Å². The van der Waals surface area contributed by atoms with Gasteiger partial charge >= 0.3 is 5.97 Å². The summed E-state index contributed by atoms with van der Waals surface area (Å²) in [6.45, 7) is 4.38. The van der Waals surface area contributed by atoms with Crippen LogP contribution in [0.4, 0.5) is 5.69 Å². The predicted molar refractivity (Wildman–Crippen MR) is 102 cm³/mol. The van der Waals surface area contributed by atoms with Crippen LogP contribution in [0.1, 0.15) is 29.8 Å². The fourth-order valence-corrected chi connectivity index (χ4v) is 2.31. The molecular formula is C20H20ClNO5. The zero-order valence-electron chi connectivity index (χ0n) is 15.2. The summed E-state index contributed by atoms with van der Waals surface area (Å²) in [7, 11) is 0. The number of aryl methyl sites for hydroxylation is 1. The van der Waals surface area contributed by atoms with E-state index in [0.29, 0.717) is 22.0 Å². The van der Waals surface area contributed by atoms with Crippen molar-refractivity contribution in [2.75, 3.05) is 11.9 Å². The van der Waals surface area contributed by atoms with E-state index in [9.17, 15) is 14.4 Å². The van der Waals surface area contributed by atoms with E-state index < -0.39 is 18.0 Å². The van der Waals surface area contributed by atoms with E-state index in [-0.39, 0.29) is 12.4 Å². The van der Waals surface area contributed by atoms with Gasteiger partial charge in [-0.1, -0.05) is 23.7 Å². The number of Topliss-reactive ketones (excluding diaryl/α,β-unsaturated/α-hetero) is 1. The van der Waals surface area contributed by atoms with Gasteiger partial charge in [0.1, 0.15) is 5.75 Å². The number of benzene rings is 2. The first-order valence-electron chi connectivity index (χ1n) is 8.26. The van der Waals surface area contributed by atoms with E-state index in [0.717, 1.165) is 5.56 Å². The highest BCUT2D eigenvalue weighted by Gasteiger charge is 2.18. The van der Waals surface area contributed by atoms with Crippen LogP contribution in [-0.4, -0.2) is 30.4 Å². The Morgan fingerprint density at radius 3 is 2.56 bits per heavy atom. The van der Waals surface area contributed by atoms with Crippen molar-refractivity contribution in [2.45, 2.75) is 26.9 Å². The van der Waals surface area contributed by atoms with Crippen LogP contribution in [0.15, 0.2) is 42.5 Å². The third-order valence-corrected chi connectivity index (χ3v) is 4.12. The van der Waals surface area contributed by atoms with Gasteiger partial charge in [0.15, 0.2) is 18.5 Å². The second kappa shape index (κ2) is 9.19. The summed E-state index contributed by atoms with van der Waals surface area (Å²) >= 11 is 5.93. The Morgan fingerprint density at radius 1 is 1.15 bits per heavy atom. The zero-order valence-corrected chi connectivity index (χ0v) is 16.0. The Kier molecular flexibility index (Phi) is 6.96. The molecule has 0 fully saturated rings. The van der Waals surface area contributed by atoms with Crippen molar-refractivity contribution in [3.8, 4) is 5.75 Å². The van der Waals surface area contributed by atoms with Gasteiger partial charge in [0.05, 0.1) is 0 Å². The molecule has 2 rings (SSSR count). The molecular weight excluding hydrogens is 370 g/mol. The van der Waals surface area contributed by atoms with Gasteiger partial charge in [0.25, 0.3) is 5.91 Å². The van der Waals surface area contributed by atoms with Crippen LogP contribution in [0.25, 0.3) is 0 Å². The Hall–Kier alpha value is -2.86. The fourth-order valence-electron chi connectivity index (χ4n) is 2.19. The number of esters is 1. The minimum Gasteiger partial charge on any atom is -0.482 e. The maximum absolute atomic E-state index is 12.2. The highest BCUT2D eigenvalue weighted by atomic mass is 35.5. The standard InChI is InChI=1S/C20H20ClNO5/c1-12-9-17(7-8-18(12)21)26-11-19(24)27-14(3)20(25)22-16-6-4-5-15(10-16)13(2)23/h4-10,14H,11H2,1-3H3,(H,22,25)/t14-/m0/s1. The maximum Gasteiger partial charge on any atom is 0.344 e. The number of nitrogens with one attached hydrogen (secondary N) is 1. The van der Waals surface area contributed by atoms with Crippen molar-refractivity contribution in [1.82, 2.24) is 0 Å². The van der Waals surface area contributed by atoms with E-state index in [1.807, 2.05) is 6.92 Å². The lowest BCUT2D eigenvalue weighted by molar-refractivity contribution is -0.155. The highest BCUT2D eigenvalue weighted by molar-refractivity contribution is 6.31. The molecule has 1 amide bonds. The molecule has 0 aliphatic rings. The van der Waals surface area contributed by atoms with E-state index in [1.54, 1.807) is 42.5 Å². The zero-order chi connectivity index (χ0) is 20.0. The Bertz CT molecular complexity index is 865. The van der Waals surface area contributed by atoms with Crippen LogP contribution < -0.4 is 10.1 Å². The summed E-state index contributed by atoms with van der Waals surface area (Å²) < 4.78 is 10.4. The first kappa shape index (κ1) is 20.5. The van der Waals surface area contributed by atoms with Crippen LogP contribution in [-0.2, 0) is 14.3 Å². The van der Waals surface area contributed by atoms with Crippen LogP contribution in [0.3, 0.4) is 0 Å². The number of ether oxygens (including phenoxy) is 2. The minimum absolute atomic E-state index is 0.111. The summed E-state index contributed by atoms with van der Waals surface area (Å²) in [6, 6.07) is 11.5. The van der Waals surface area contributed by atoms with Crippen molar-refractivity contribution in [3.63, 3.8) is 0 Å². The molecule has 0 aliphatic carbocycles. The van der Waals surface area contributed by atoms with Crippen molar-refractivity contribution in [3.05, 3.63) is 58.6 Å². The average Bonchev–Trinajstić information content (AvgIpc) is 2.62. The molecule has 0 heterocycles.